The van der Waals surface area contributed by atoms with E-state index >= 15 is 0 Å². The molecule has 196 valence electrons. The number of carboxylic acid groups (broad SMARTS) is 2. The first kappa shape index (κ1) is 28.6. The molecular weight excluding hydrogens is 494 g/mol. The fourth-order valence-electron chi connectivity index (χ4n) is 3.39. The maximum atomic E-state index is 13.0. The Hall–Kier alpha value is -3.62. The lowest BCUT2D eigenvalue weighted by Crippen LogP contribution is -2.60. The second kappa shape index (κ2) is 12.9. The number of aliphatic hydroxyl groups is 1. The predicted octanol–water partition coefficient (Wildman–Crippen LogP) is -1.64. The van der Waals surface area contributed by atoms with Gasteiger partial charge in [0.2, 0.25) is 17.7 Å². The highest BCUT2D eigenvalue weighted by Gasteiger charge is 2.33. The van der Waals surface area contributed by atoms with Gasteiger partial charge in [0.15, 0.2) is 0 Å². The lowest BCUT2D eigenvalue weighted by molar-refractivity contribution is -0.147. The van der Waals surface area contributed by atoms with Crippen LogP contribution in [0, 0.1) is 0 Å². The molecule has 3 amide bonds. The van der Waals surface area contributed by atoms with E-state index in [1.165, 1.54) is 6.92 Å². The number of thiol groups is 1. The van der Waals surface area contributed by atoms with Crippen LogP contribution in [0.3, 0.4) is 0 Å². The Labute approximate surface area is 211 Å². The van der Waals surface area contributed by atoms with Crippen molar-refractivity contribution in [3.05, 3.63) is 36.0 Å². The van der Waals surface area contributed by atoms with Gasteiger partial charge in [-0.05, 0) is 18.6 Å². The SMILES string of the molecule is CC(O)C(NC(=O)C(N)CS)C(=O)NC(Cc1c[nH]c2ccccc12)C(=O)NC(CC(=O)O)C(=O)O. The van der Waals surface area contributed by atoms with Gasteiger partial charge in [0.25, 0.3) is 0 Å². The summed E-state index contributed by atoms with van der Waals surface area (Å²) in [7, 11) is 0. The number of carboxylic acids is 2. The van der Waals surface area contributed by atoms with Crippen molar-refractivity contribution in [2.45, 2.75) is 50.0 Å². The van der Waals surface area contributed by atoms with E-state index in [-0.39, 0.29) is 12.2 Å². The molecule has 0 aliphatic carbocycles. The number of carbonyl (C=O) groups is 5. The number of rotatable bonds is 13. The smallest absolute Gasteiger partial charge is 0.326 e. The number of para-hydroxylation sites is 1. The van der Waals surface area contributed by atoms with E-state index in [0.717, 1.165) is 10.9 Å². The lowest BCUT2D eigenvalue weighted by atomic mass is 10.0. The second-order valence-electron chi connectivity index (χ2n) is 8.14. The van der Waals surface area contributed by atoms with E-state index in [0.29, 0.717) is 5.56 Å². The lowest BCUT2D eigenvalue weighted by Gasteiger charge is -2.26. The quantitative estimate of drug-likeness (QED) is 0.137. The normalized spacial score (nSPS) is 15.2. The minimum Gasteiger partial charge on any atom is -0.481 e. The van der Waals surface area contributed by atoms with Gasteiger partial charge in [-0.25, -0.2) is 4.79 Å². The summed E-state index contributed by atoms with van der Waals surface area (Å²) in [4.78, 5) is 63.7. The number of aliphatic hydroxyl groups excluding tert-OH is 1. The fourth-order valence-corrected chi connectivity index (χ4v) is 3.55. The van der Waals surface area contributed by atoms with Crippen LogP contribution in [0.25, 0.3) is 10.9 Å². The zero-order valence-electron chi connectivity index (χ0n) is 19.3. The van der Waals surface area contributed by atoms with E-state index in [2.05, 4.69) is 33.6 Å². The second-order valence-corrected chi connectivity index (χ2v) is 8.50. The van der Waals surface area contributed by atoms with Gasteiger partial charge in [0.05, 0.1) is 18.6 Å². The largest absolute Gasteiger partial charge is 0.481 e. The van der Waals surface area contributed by atoms with Crippen molar-refractivity contribution in [1.29, 1.82) is 0 Å². The molecule has 36 heavy (non-hydrogen) atoms. The summed E-state index contributed by atoms with van der Waals surface area (Å²) in [6.45, 7) is 1.25. The molecule has 5 unspecified atom stereocenters. The minimum atomic E-state index is -1.75. The molecule has 0 bridgehead atoms. The Morgan fingerprint density at radius 3 is 2.22 bits per heavy atom. The third kappa shape index (κ3) is 7.69. The highest BCUT2D eigenvalue weighted by Crippen LogP contribution is 2.19. The first-order valence-corrected chi connectivity index (χ1v) is 11.5. The van der Waals surface area contributed by atoms with Crippen LogP contribution in [-0.2, 0) is 30.4 Å². The van der Waals surface area contributed by atoms with E-state index in [1.807, 2.05) is 0 Å². The summed E-state index contributed by atoms with van der Waals surface area (Å²) >= 11 is 3.92. The number of nitrogens with one attached hydrogen (secondary N) is 4. The molecule has 0 saturated carbocycles. The molecule has 9 N–H and O–H groups in total. The Morgan fingerprint density at radius 1 is 1.00 bits per heavy atom. The molecule has 0 saturated heterocycles. The van der Waals surface area contributed by atoms with Crippen LogP contribution < -0.4 is 21.7 Å². The maximum absolute atomic E-state index is 13.0. The molecular formula is C22H29N5O8S. The number of nitrogens with two attached hydrogens (primary N) is 1. The number of hydrogen-bond acceptors (Lipinski definition) is 8. The molecule has 1 aromatic heterocycles. The molecule has 13 nitrogen and oxygen atoms in total. The maximum Gasteiger partial charge on any atom is 0.326 e. The number of aromatic nitrogens is 1. The fraction of sp³-hybridized carbons (Fsp3) is 0.409. The van der Waals surface area contributed by atoms with Crippen molar-refractivity contribution >= 4 is 53.2 Å². The molecule has 14 heteroatoms. The van der Waals surface area contributed by atoms with E-state index in [1.54, 1.807) is 30.5 Å². The number of H-pyrrole nitrogens is 1. The number of hydrogen-bond donors (Lipinski definition) is 9. The van der Waals surface area contributed by atoms with Gasteiger partial charge in [0, 0.05) is 29.3 Å². The van der Waals surface area contributed by atoms with E-state index < -0.39 is 66.4 Å². The number of aliphatic carboxylic acids is 2. The Morgan fingerprint density at radius 2 is 1.64 bits per heavy atom. The molecule has 0 aliphatic rings. The van der Waals surface area contributed by atoms with E-state index in [4.69, 9.17) is 10.8 Å². The average Bonchev–Trinajstić information content (AvgIpc) is 3.22. The van der Waals surface area contributed by atoms with Gasteiger partial charge in [-0.15, -0.1) is 0 Å². The standard InChI is InChI=1S/C22H29N5O8S/c1-10(28)18(27-19(31)13(23)9-36)21(33)25-15(20(32)26-16(22(34)35)7-17(29)30)6-11-8-24-14-5-3-2-4-12(11)14/h2-5,8,10,13,15-16,18,24,28,36H,6-7,9,23H2,1H3,(H,25,33)(H,26,32)(H,27,31)(H,29,30)(H,34,35). The zero-order valence-corrected chi connectivity index (χ0v) is 20.2. The molecule has 0 fully saturated rings. The Bertz CT molecular complexity index is 1120. The van der Waals surface area contributed by atoms with Crippen molar-refractivity contribution in [2.75, 3.05) is 5.75 Å². The van der Waals surface area contributed by atoms with Gasteiger partial charge in [-0.2, -0.15) is 12.6 Å². The van der Waals surface area contributed by atoms with Crippen molar-refractivity contribution in [2.24, 2.45) is 5.73 Å². The first-order chi connectivity index (χ1) is 16.9. The van der Waals surface area contributed by atoms with Gasteiger partial charge < -0.3 is 42.0 Å². The number of benzene rings is 1. The van der Waals surface area contributed by atoms with Gasteiger partial charge in [-0.3, -0.25) is 19.2 Å². The van der Waals surface area contributed by atoms with Crippen molar-refractivity contribution in [3.8, 4) is 0 Å². The van der Waals surface area contributed by atoms with Gasteiger partial charge >= 0.3 is 11.9 Å². The molecule has 0 spiro atoms. The van der Waals surface area contributed by atoms with E-state index in [9.17, 15) is 34.2 Å². The Kier molecular flexibility index (Phi) is 10.3. The summed E-state index contributed by atoms with van der Waals surface area (Å²) in [5.41, 5.74) is 6.96. The third-order valence-corrected chi connectivity index (χ3v) is 5.71. The van der Waals surface area contributed by atoms with Crippen molar-refractivity contribution < 1.29 is 39.3 Å². The number of amides is 3. The minimum absolute atomic E-state index is 0.0221. The summed E-state index contributed by atoms with van der Waals surface area (Å²) in [5, 5.41) is 35.9. The molecule has 0 radical (unpaired) electrons. The molecule has 0 aliphatic heterocycles. The molecule has 5 atom stereocenters. The third-order valence-electron chi connectivity index (χ3n) is 5.32. The Balaban J connectivity index is 2.33. The highest BCUT2D eigenvalue weighted by atomic mass is 32.1. The van der Waals surface area contributed by atoms with Crippen molar-refractivity contribution in [1.82, 2.24) is 20.9 Å². The zero-order chi connectivity index (χ0) is 27.0. The van der Waals surface area contributed by atoms with Crippen LogP contribution in [0.2, 0.25) is 0 Å². The molecule has 1 heterocycles. The molecule has 2 rings (SSSR count). The predicted molar refractivity (Wildman–Crippen MR) is 131 cm³/mol. The van der Waals surface area contributed by atoms with Crippen LogP contribution in [0.5, 0.6) is 0 Å². The van der Waals surface area contributed by atoms with Crippen LogP contribution >= 0.6 is 12.6 Å². The highest BCUT2D eigenvalue weighted by molar-refractivity contribution is 7.80. The summed E-state index contributed by atoms with van der Waals surface area (Å²) in [6.07, 6.45) is -0.764. The summed E-state index contributed by atoms with van der Waals surface area (Å²) in [5.74, 6) is -5.70. The summed E-state index contributed by atoms with van der Waals surface area (Å²) < 4.78 is 0. The number of carbonyl (C=O) groups excluding carboxylic acids is 3. The monoisotopic (exact) mass is 523 g/mol. The molecule has 1 aromatic carbocycles. The molecule has 2 aromatic rings. The van der Waals surface area contributed by atoms with Crippen LogP contribution in [0.15, 0.2) is 30.5 Å². The first-order valence-electron chi connectivity index (χ1n) is 10.9. The van der Waals surface area contributed by atoms with Crippen LogP contribution in [0.4, 0.5) is 0 Å². The van der Waals surface area contributed by atoms with Gasteiger partial charge in [0.1, 0.15) is 18.1 Å². The van der Waals surface area contributed by atoms with Crippen LogP contribution in [0.1, 0.15) is 18.9 Å². The van der Waals surface area contributed by atoms with Crippen LogP contribution in [-0.4, -0.2) is 86.0 Å². The van der Waals surface area contributed by atoms with Crippen molar-refractivity contribution in [3.63, 3.8) is 0 Å². The number of aromatic amines is 1. The topological polar surface area (TPSA) is 224 Å². The number of fused-ring (bicyclic) bond motifs is 1. The summed E-state index contributed by atoms with van der Waals surface area (Å²) in [6, 6.07) is 1.45. The average molecular weight is 524 g/mol. The van der Waals surface area contributed by atoms with Gasteiger partial charge in [-0.1, -0.05) is 18.2 Å².